The van der Waals surface area contributed by atoms with Crippen LogP contribution in [0.5, 0.6) is 0 Å². The Bertz CT molecular complexity index is 513. The van der Waals surface area contributed by atoms with E-state index in [4.69, 9.17) is 0 Å². The predicted molar refractivity (Wildman–Crippen MR) is 73.4 cm³/mol. The normalized spacial score (nSPS) is 14.8. The molecule has 0 aliphatic heterocycles. The van der Waals surface area contributed by atoms with Gasteiger partial charge in [-0.05, 0) is 24.3 Å². The summed E-state index contributed by atoms with van der Waals surface area (Å²) in [7, 11) is 0. The summed E-state index contributed by atoms with van der Waals surface area (Å²) in [4.78, 5) is 0. The van der Waals surface area contributed by atoms with Gasteiger partial charge >= 0.3 is 0 Å². The van der Waals surface area contributed by atoms with Gasteiger partial charge in [0.1, 0.15) is 0 Å². The van der Waals surface area contributed by atoms with Crippen LogP contribution in [-0.2, 0) is 0 Å². The molecule has 1 rings (SSSR count). The van der Waals surface area contributed by atoms with Crippen LogP contribution in [0.3, 0.4) is 0 Å². The largest absolute Gasteiger partial charge is 0.0991 e. The summed E-state index contributed by atoms with van der Waals surface area (Å²) in [5.41, 5.74) is 1.27. The maximum atomic E-state index is 3.65. The fourth-order valence-corrected chi connectivity index (χ4v) is 1.36. The maximum absolute atomic E-state index is 3.65. The van der Waals surface area contributed by atoms with Crippen molar-refractivity contribution in [3.8, 4) is 0 Å². The molecule has 0 saturated carbocycles. The Morgan fingerprint density at radius 3 is 2.44 bits per heavy atom. The molecule has 0 N–H and O–H groups in total. The summed E-state index contributed by atoms with van der Waals surface area (Å²) in [6.45, 7) is 7.81. The third-order valence-electron chi connectivity index (χ3n) is 2.36. The highest BCUT2D eigenvalue weighted by Gasteiger charge is 1.84. The number of allylic oxidation sites excluding steroid dienone is 5. The highest BCUT2D eigenvalue weighted by atomic mass is 13.9. The van der Waals surface area contributed by atoms with E-state index in [1.807, 2.05) is 12.2 Å². The molecule has 0 unspecified atom stereocenters. The molecule has 0 aromatic heterocycles. The molecule has 16 heavy (non-hydrogen) atoms. The summed E-state index contributed by atoms with van der Waals surface area (Å²) >= 11 is 0. The van der Waals surface area contributed by atoms with E-state index in [-0.39, 0.29) is 0 Å². The van der Waals surface area contributed by atoms with E-state index in [1.54, 1.807) is 6.08 Å². The summed E-state index contributed by atoms with van der Waals surface area (Å²) in [5.74, 6) is 0. The molecule has 0 aliphatic carbocycles. The molecular formula is C16H18. The number of hydrogen-bond donors (Lipinski definition) is 0. The molecule has 0 aliphatic rings. The van der Waals surface area contributed by atoms with Gasteiger partial charge in [0.05, 0.1) is 0 Å². The minimum absolute atomic E-state index is 1.22. The van der Waals surface area contributed by atoms with Gasteiger partial charge in [0.25, 0.3) is 0 Å². The van der Waals surface area contributed by atoms with Crippen molar-refractivity contribution in [1.82, 2.24) is 0 Å². The average molecular weight is 210 g/mol. The maximum Gasteiger partial charge on any atom is -0.0182 e. The third-order valence-corrected chi connectivity index (χ3v) is 2.36. The molecule has 1 aromatic rings. The zero-order valence-corrected chi connectivity index (χ0v) is 9.98. The van der Waals surface area contributed by atoms with E-state index >= 15 is 0 Å². The second kappa shape index (κ2) is 6.62. The minimum Gasteiger partial charge on any atom is -0.0991 e. The lowest BCUT2D eigenvalue weighted by molar-refractivity contribution is 1.47. The van der Waals surface area contributed by atoms with Crippen LogP contribution in [0.2, 0.25) is 0 Å². The first-order chi connectivity index (χ1) is 7.77. The van der Waals surface area contributed by atoms with Crippen molar-refractivity contribution in [2.75, 3.05) is 0 Å². The summed E-state index contributed by atoms with van der Waals surface area (Å²) < 4.78 is 0. The molecule has 0 atom stereocenters. The molecule has 0 radical (unpaired) electrons. The Balaban J connectivity index is 3.31. The van der Waals surface area contributed by atoms with Gasteiger partial charge in [-0.25, -0.2) is 0 Å². The molecule has 0 heteroatoms. The van der Waals surface area contributed by atoms with Gasteiger partial charge in [-0.1, -0.05) is 72.9 Å². The van der Waals surface area contributed by atoms with E-state index < -0.39 is 0 Å². The number of benzene rings is 1. The molecule has 0 spiro atoms. The molecule has 82 valence electrons. The van der Waals surface area contributed by atoms with Crippen LogP contribution in [0.25, 0.3) is 12.2 Å². The van der Waals surface area contributed by atoms with E-state index in [0.29, 0.717) is 0 Å². The lowest BCUT2D eigenvalue weighted by atomic mass is 10.1. The van der Waals surface area contributed by atoms with Gasteiger partial charge in [-0.15, -0.1) is 0 Å². The highest BCUT2D eigenvalue weighted by Crippen LogP contribution is 1.91. The van der Waals surface area contributed by atoms with E-state index in [0.717, 1.165) is 0 Å². The van der Waals surface area contributed by atoms with Gasteiger partial charge in [0.15, 0.2) is 0 Å². The molecule has 0 nitrogen and oxygen atoms in total. The second-order valence-electron chi connectivity index (χ2n) is 3.59. The standard InChI is InChI=1S/C16H18/c1-4-6-7-10-15-11-8-9-12-16(15)13-14(3)5-2/h4-13H,1H2,2-3H3/b7-6+,14-5+,15-10-,16-13-. The van der Waals surface area contributed by atoms with Crippen molar-refractivity contribution in [1.29, 1.82) is 0 Å². The van der Waals surface area contributed by atoms with Crippen molar-refractivity contribution < 1.29 is 0 Å². The first-order valence-corrected chi connectivity index (χ1v) is 5.47. The van der Waals surface area contributed by atoms with Gasteiger partial charge in [-0.2, -0.15) is 0 Å². The van der Waals surface area contributed by atoms with Crippen LogP contribution in [0.4, 0.5) is 0 Å². The van der Waals surface area contributed by atoms with Crippen molar-refractivity contribution in [2.45, 2.75) is 13.8 Å². The van der Waals surface area contributed by atoms with Crippen LogP contribution < -0.4 is 10.4 Å². The van der Waals surface area contributed by atoms with Gasteiger partial charge < -0.3 is 0 Å². The fraction of sp³-hybridized carbons (Fsp3) is 0.125. The first-order valence-electron chi connectivity index (χ1n) is 5.47. The van der Waals surface area contributed by atoms with E-state index in [1.165, 1.54) is 16.0 Å². The summed E-state index contributed by atoms with van der Waals surface area (Å²) in [5, 5.41) is 2.47. The van der Waals surface area contributed by atoms with Crippen LogP contribution in [0, 0.1) is 0 Å². The highest BCUT2D eigenvalue weighted by molar-refractivity contribution is 5.48. The monoisotopic (exact) mass is 210 g/mol. The quantitative estimate of drug-likeness (QED) is 0.673. The zero-order chi connectivity index (χ0) is 11.8. The SMILES string of the molecule is C=C/C=C/C=c1/cccc/c1=C/C(C)=C/C. The van der Waals surface area contributed by atoms with Crippen LogP contribution in [-0.4, -0.2) is 0 Å². The Morgan fingerprint density at radius 1 is 1.12 bits per heavy atom. The second-order valence-corrected chi connectivity index (χ2v) is 3.59. The van der Waals surface area contributed by atoms with Crippen LogP contribution in [0.15, 0.2) is 60.7 Å². The van der Waals surface area contributed by atoms with Crippen LogP contribution in [0.1, 0.15) is 13.8 Å². The summed E-state index contributed by atoms with van der Waals surface area (Å²) in [6, 6.07) is 8.35. The van der Waals surface area contributed by atoms with Crippen molar-refractivity contribution >= 4 is 12.2 Å². The Labute approximate surface area is 97.6 Å². The minimum atomic E-state index is 1.22. The molecular weight excluding hydrogens is 192 g/mol. The van der Waals surface area contributed by atoms with E-state index in [2.05, 4.69) is 62.9 Å². The first kappa shape index (κ1) is 12.3. The van der Waals surface area contributed by atoms with Gasteiger partial charge in [0.2, 0.25) is 0 Å². The number of hydrogen-bond acceptors (Lipinski definition) is 0. The molecule has 0 amide bonds. The fourth-order valence-electron chi connectivity index (χ4n) is 1.36. The van der Waals surface area contributed by atoms with E-state index in [9.17, 15) is 0 Å². The van der Waals surface area contributed by atoms with Crippen molar-refractivity contribution in [2.24, 2.45) is 0 Å². The lowest BCUT2D eigenvalue weighted by Crippen LogP contribution is -2.23. The Morgan fingerprint density at radius 2 is 1.81 bits per heavy atom. The average Bonchev–Trinajstić information content (AvgIpc) is 2.31. The lowest BCUT2D eigenvalue weighted by Gasteiger charge is -1.91. The van der Waals surface area contributed by atoms with Gasteiger partial charge in [0, 0.05) is 0 Å². The Kier molecular flexibility index (Phi) is 5.07. The van der Waals surface area contributed by atoms with Crippen molar-refractivity contribution in [3.63, 3.8) is 0 Å². The molecule has 0 fully saturated rings. The zero-order valence-electron chi connectivity index (χ0n) is 9.98. The molecule has 0 saturated heterocycles. The molecule has 0 heterocycles. The van der Waals surface area contributed by atoms with Crippen LogP contribution >= 0.6 is 0 Å². The summed E-state index contributed by atoms with van der Waals surface area (Å²) in [6.07, 6.45) is 12.1. The molecule has 0 bridgehead atoms. The Hall–Kier alpha value is -1.82. The smallest absolute Gasteiger partial charge is 0.0182 e. The van der Waals surface area contributed by atoms with Gasteiger partial charge in [-0.3, -0.25) is 0 Å². The number of rotatable bonds is 3. The van der Waals surface area contributed by atoms with Crippen molar-refractivity contribution in [3.05, 3.63) is 71.2 Å². The predicted octanol–water partition coefficient (Wildman–Crippen LogP) is 2.96. The topological polar surface area (TPSA) is 0 Å². The molecule has 1 aromatic carbocycles. The third kappa shape index (κ3) is 3.74.